The van der Waals surface area contributed by atoms with Gasteiger partial charge >= 0.3 is 0 Å². The minimum absolute atomic E-state index is 0.0319. The Balaban J connectivity index is 1.30. The molecule has 2 aliphatic heterocycles. The molecular formula is C24H27FN2O2. The lowest BCUT2D eigenvalue weighted by Gasteiger charge is -2.38. The van der Waals surface area contributed by atoms with E-state index < -0.39 is 5.82 Å². The lowest BCUT2D eigenvalue weighted by molar-refractivity contribution is -0.127. The van der Waals surface area contributed by atoms with E-state index in [0.717, 1.165) is 38.8 Å². The molecule has 2 heterocycles. The summed E-state index contributed by atoms with van der Waals surface area (Å²) in [4.78, 5) is 28.9. The molecule has 2 fully saturated rings. The van der Waals surface area contributed by atoms with Crippen molar-refractivity contribution < 1.29 is 14.0 Å². The first-order valence-corrected chi connectivity index (χ1v) is 10.4. The van der Waals surface area contributed by atoms with Crippen LogP contribution in [0.1, 0.15) is 41.6 Å². The van der Waals surface area contributed by atoms with Crippen LogP contribution in [0.25, 0.3) is 0 Å². The first-order valence-electron chi connectivity index (χ1n) is 10.4. The third-order valence-corrected chi connectivity index (χ3v) is 6.36. The highest BCUT2D eigenvalue weighted by atomic mass is 19.1. The highest BCUT2D eigenvalue weighted by Crippen LogP contribution is 2.41. The number of nitrogens with zero attached hydrogens (tertiary/aromatic N) is 2. The number of aryl methyl sites for hydroxylation is 1. The summed E-state index contributed by atoms with van der Waals surface area (Å²) in [6.45, 7) is 2.73. The van der Waals surface area contributed by atoms with Gasteiger partial charge in [0.05, 0.1) is 5.56 Å². The predicted molar refractivity (Wildman–Crippen MR) is 110 cm³/mol. The van der Waals surface area contributed by atoms with Crippen molar-refractivity contribution in [3.8, 4) is 0 Å². The van der Waals surface area contributed by atoms with Crippen LogP contribution in [0, 0.1) is 11.2 Å². The second-order valence-corrected chi connectivity index (χ2v) is 8.35. The maximum atomic E-state index is 13.9. The molecule has 2 amide bonds. The minimum Gasteiger partial charge on any atom is -0.342 e. The number of likely N-dealkylation sites (tertiary alicyclic amines) is 2. The van der Waals surface area contributed by atoms with Crippen molar-refractivity contribution in [3.05, 3.63) is 71.5 Å². The number of carbonyl (C=O) groups is 2. The SMILES string of the molecule is O=C1CC2(CCN(C(=O)c3ccccc3F)CC2)CN1CCCc1ccccc1. The molecule has 2 aliphatic rings. The van der Waals surface area contributed by atoms with E-state index in [1.807, 2.05) is 23.1 Å². The van der Waals surface area contributed by atoms with Crippen LogP contribution in [0.4, 0.5) is 4.39 Å². The molecule has 4 nitrogen and oxygen atoms in total. The highest BCUT2D eigenvalue weighted by molar-refractivity contribution is 5.94. The summed E-state index contributed by atoms with van der Waals surface area (Å²) in [5.74, 6) is -0.493. The molecule has 0 unspecified atom stereocenters. The minimum atomic E-state index is -0.474. The van der Waals surface area contributed by atoms with E-state index in [-0.39, 0.29) is 22.8 Å². The van der Waals surface area contributed by atoms with Crippen molar-refractivity contribution in [1.82, 2.24) is 9.80 Å². The Bertz CT molecular complexity index is 875. The van der Waals surface area contributed by atoms with Crippen LogP contribution in [0.5, 0.6) is 0 Å². The number of piperidine rings is 1. The van der Waals surface area contributed by atoms with Crippen molar-refractivity contribution in [1.29, 1.82) is 0 Å². The molecular weight excluding hydrogens is 367 g/mol. The van der Waals surface area contributed by atoms with Crippen molar-refractivity contribution in [2.45, 2.75) is 32.1 Å². The molecule has 29 heavy (non-hydrogen) atoms. The first kappa shape index (κ1) is 19.6. The summed E-state index contributed by atoms with van der Waals surface area (Å²) >= 11 is 0. The maximum Gasteiger partial charge on any atom is 0.256 e. The predicted octanol–water partition coefficient (Wildman–Crippen LogP) is 3.91. The van der Waals surface area contributed by atoms with Crippen molar-refractivity contribution >= 4 is 11.8 Å². The third kappa shape index (κ3) is 4.34. The van der Waals surface area contributed by atoms with Crippen LogP contribution >= 0.6 is 0 Å². The van der Waals surface area contributed by atoms with E-state index in [9.17, 15) is 14.0 Å². The molecule has 0 aromatic heterocycles. The van der Waals surface area contributed by atoms with Crippen LogP contribution in [-0.4, -0.2) is 47.8 Å². The van der Waals surface area contributed by atoms with E-state index in [2.05, 4.69) is 12.1 Å². The smallest absolute Gasteiger partial charge is 0.256 e. The topological polar surface area (TPSA) is 40.6 Å². The molecule has 2 aromatic rings. The second-order valence-electron chi connectivity index (χ2n) is 8.35. The Morgan fingerprint density at radius 3 is 2.41 bits per heavy atom. The zero-order valence-corrected chi connectivity index (χ0v) is 16.6. The Morgan fingerprint density at radius 2 is 1.69 bits per heavy atom. The van der Waals surface area contributed by atoms with Gasteiger partial charge in [-0.05, 0) is 43.4 Å². The number of carbonyl (C=O) groups excluding carboxylic acids is 2. The molecule has 2 saturated heterocycles. The fourth-order valence-electron chi connectivity index (χ4n) is 4.63. The van der Waals surface area contributed by atoms with Crippen molar-refractivity contribution in [3.63, 3.8) is 0 Å². The summed E-state index contributed by atoms with van der Waals surface area (Å²) in [5.41, 5.74) is 1.40. The molecule has 0 saturated carbocycles. The van der Waals surface area contributed by atoms with Crippen molar-refractivity contribution in [2.24, 2.45) is 5.41 Å². The van der Waals surface area contributed by atoms with Gasteiger partial charge in [-0.1, -0.05) is 42.5 Å². The lowest BCUT2D eigenvalue weighted by Crippen LogP contribution is -2.44. The fourth-order valence-corrected chi connectivity index (χ4v) is 4.63. The molecule has 0 radical (unpaired) electrons. The summed E-state index contributed by atoms with van der Waals surface area (Å²) in [5, 5.41) is 0. The van der Waals surface area contributed by atoms with Crippen LogP contribution in [0.3, 0.4) is 0 Å². The van der Waals surface area contributed by atoms with Crippen LogP contribution in [-0.2, 0) is 11.2 Å². The average Bonchev–Trinajstić information content (AvgIpc) is 3.04. The zero-order valence-electron chi connectivity index (χ0n) is 16.6. The molecule has 0 N–H and O–H groups in total. The number of rotatable bonds is 5. The van der Waals surface area contributed by atoms with E-state index in [1.165, 1.54) is 17.7 Å². The summed E-state index contributed by atoms with van der Waals surface area (Å²) < 4.78 is 13.9. The van der Waals surface area contributed by atoms with E-state index >= 15 is 0 Å². The normalized spacial score (nSPS) is 18.4. The Morgan fingerprint density at radius 1 is 1.00 bits per heavy atom. The molecule has 5 heteroatoms. The average molecular weight is 394 g/mol. The fraction of sp³-hybridized carbons (Fsp3) is 0.417. The standard InChI is InChI=1S/C24H27FN2O2/c25-21-11-5-4-10-20(21)23(29)26-15-12-24(13-16-26)17-22(28)27(18-24)14-6-9-19-7-2-1-3-8-19/h1-5,7-8,10-11H,6,9,12-18H2. The van der Waals surface area contributed by atoms with Gasteiger partial charge in [0.15, 0.2) is 0 Å². The number of benzene rings is 2. The number of hydrogen-bond donors (Lipinski definition) is 0. The molecule has 2 aromatic carbocycles. The lowest BCUT2D eigenvalue weighted by atomic mass is 9.77. The molecule has 0 atom stereocenters. The van der Waals surface area contributed by atoms with Gasteiger partial charge in [-0.25, -0.2) is 4.39 Å². The summed E-state index contributed by atoms with van der Waals surface area (Å²) in [6, 6.07) is 16.5. The second kappa shape index (κ2) is 8.36. The Kier molecular flexibility index (Phi) is 5.65. The van der Waals surface area contributed by atoms with Gasteiger partial charge in [0.25, 0.3) is 5.91 Å². The Hall–Kier alpha value is -2.69. The van der Waals surface area contributed by atoms with Crippen LogP contribution in [0.15, 0.2) is 54.6 Å². The molecule has 4 rings (SSSR count). The molecule has 0 aliphatic carbocycles. The third-order valence-electron chi connectivity index (χ3n) is 6.36. The van der Waals surface area contributed by atoms with Crippen LogP contribution in [0.2, 0.25) is 0 Å². The number of hydrogen-bond acceptors (Lipinski definition) is 2. The van der Waals surface area contributed by atoms with E-state index in [4.69, 9.17) is 0 Å². The summed E-state index contributed by atoms with van der Waals surface area (Å²) in [7, 11) is 0. The highest BCUT2D eigenvalue weighted by Gasteiger charge is 2.45. The Labute approximate surface area is 171 Å². The molecule has 1 spiro atoms. The molecule has 152 valence electrons. The first-order chi connectivity index (χ1) is 14.1. The van der Waals surface area contributed by atoms with E-state index in [1.54, 1.807) is 17.0 Å². The van der Waals surface area contributed by atoms with Crippen LogP contribution < -0.4 is 0 Å². The van der Waals surface area contributed by atoms with Gasteiger partial charge < -0.3 is 9.80 Å². The van der Waals surface area contributed by atoms with Gasteiger partial charge in [-0.15, -0.1) is 0 Å². The van der Waals surface area contributed by atoms with Crippen molar-refractivity contribution in [2.75, 3.05) is 26.2 Å². The molecule has 0 bridgehead atoms. The zero-order chi connectivity index (χ0) is 20.3. The van der Waals surface area contributed by atoms with Gasteiger partial charge in [0.2, 0.25) is 5.91 Å². The quantitative estimate of drug-likeness (QED) is 0.771. The number of amides is 2. The maximum absolute atomic E-state index is 13.9. The summed E-state index contributed by atoms with van der Waals surface area (Å²) in [6.07, 6.45) is 4.11. The largest absolute Gasteiger partial charge is 0.342 e. The number of halogens is 1. The van der Waals surface area contributed by atoms with Gasteiger partial charge in [-0.2, -0.15) is 0 Å². The van der Waals surface area contributed by atoms with E-state index in [0.29, 0.717) is 19.5 Å². The monoisotopic (exact) mass is 394 g/mol. The van der Waals surface area contributed by atoms with Gasteiger partial charge in [-0.3, -0.25) is 9.59 Å². The van der Waals surface area contributed by atoms with Gasteiger partial charge in [0, 0.05) is 38.0 Å². The van der Waals surface area contributed by atoms with Gasteiger partial charge in [0.1, 0.15) is 5.82 Å².